The Kier molecular flexibility index (Phi) is 5.72. The lowest BCUT2D eigenvalue weighted by atomic mass is 10.4. The predicted octanol–water partition coefficient (Wildman–Crippen LogP) is 3.94. The zero-order chi connectivity index (χ0) is 10.4. The van der Waals surface area contributed by atoms with Crippen LogP contribution in [0.2, 0.25) is 18.1 Å². The number of hydrogen-bond acceptors (Lipinski definition) is 0. The topological polar surface area (TPSA) is 0 Å². The second kappa shape index (κ2) is 5.98. The van der Waals surface area contributed by atoms with Gasteiger partial charge in [-0.3, -0.25) is 0 Å². The van der Waals surface area contributed by atoms with Crippen molar-refractivity contribution in [3.8, 4) is 0 Å². The van der Waals surface area contributed by atoms with E-state index in [0.717, 1.165) is 0 Å². The molecule has 1 heteroatoms. The van der Waals surface area contributed by atoms with Gasteiger partial charge in [0.15, 0.2) is 0 Å². The maximum Gasteiger partial charge on any atom is 0.0488 e. The molecule has 74 valence electrons. The summed E-state index contributed by atoms with van der Waals surface area (Å²) in [7, 11) is -0.706. The quantitative estimate of drug-likeness (QED) is 0.444. The molecule has 0 aromatic heterocycles. The summed E-state index contributed by atoms with van der Waals surface area (Å²) in [6, 6.07) is 3.71. The second-order valence-corrected chi connectivity index (χ2v) is 7.31. The SMILES string of the molecule is C=C(C)C[SiH](CC(=C)C)CC(=C)C. The van der Waals surface area contributed by atoms with E-state index in [2.05, 4.69) is 40.5 Å². The molecule has 13 heavy (non-hydrogen) atoms. The third kappa shape index (κ3) is 7.79. The van der Waals surface area contributed by atoms with Gasteiger partial charge in [0.05, 0.1) is 0 Å². The number of allylic oxidation sites excluding steroid dienone is 3. The number of rotatable bonds is 6. The van der Waals surface area contributed by atoms with Crippen molar-refractivity contribution in [2.45, 2.75) is 38.9 Å². The highest BCUT2D eigenvalue weighted by Crippen LogP contribution is 2.18. The molecule has 0 atom stereocenters. The van der Waals surface area contributed by atoms with Crippen molar-refractivity contribution < 1.29 is 0 Å². The van der Waals surface area contributed by atoms with Gasteiger partial charge in [-0.25, -0.2) is 0 Å². The van der Waals surface area contributed by atoms with E-state index >= 15 is 0 Å². The molecular formula is C12H22Si. The minimum atomic E-state index is -0.706. The Morgan fingerprint density at radius 3 is 1.15 bits per heavy atom. The van der Waals surface area contributed by atoms with Crippen LogP contribution in [-0.2, 0) is 0 Å². The summed E-state index contributed by atoms with van der Waals surface area (Å²) in [6.07, 6.45) is 0. The van der Waals surface area contributed by atoms with Gasteiger partial charge in [0.25, 0.3) is 0 Å². The van der Waals surface area contributed by atoms with Crippen molar-refractivity contribution in [3.05, 3.63) is 36.5 Å². The van der Waals surface area contributed by atoms with Crippen molar-refractivity contribution >= 4 is 8.80 Å². The summed E-state index contributed by atoms with van der Waals surface area (Å²) in [5, 5.41) is 0. The van der Waals surface area contributed by atoms with Crippen LogP contribution in [0.5, 0.6) is 0 Å². The molecule has 0 spiro atoms. The van der Waals surface area contributed by atoms with E-state index in [4.69, 9.17) is 0 Å². The van der Waals surface area contributed by atoms with E-state index in [-0.39, 0.29) is 0 Å². The highest BCUT2D eigenvalue weighted by molar-refractivity contribution is 6.60. The van der Waals surface area contributed by atoms with Crippen LogP contribution in [0.1, 0.15) is 20.8 Å². The van der Waals surface area contributed by atoms with Crippen molar-refractivity contribution in [1.29, 1.82) is 0 Å². The van der Waals surface area contributed by atoms with Gasteiger partial charge >= 0.3 is 0 Å². The first-order valence-corrected chi connectivity index (χ1v) is 7.30. The van der Waals surface area contributed by atoms with Crippen molar-refractivity contribution in [1.82, 2.24) is 0 Å². The third-order valence-corrected chi connectivity index (χ3v) is 5.73. The van der Waals surface area contributed by atoms with E-state index in [1.165, 1.54) is 34.9 Å². The summed E-state index contributed by atoms with van der Waals surface area (Å²) in [5.74, 6) is 0. The molecule has 0 rings (SSSR count). The highest BCUT2D eigenvalue weighted by atomic mass is 28.3. The molecule has 0 aliphatic rings. The normalized spacial score (nSPS) is 10.2. The Morgan fingerprint density at radius 2 is 1.00 bits per heavy atom. The van der Waals surface area contributed by atoms with Crippen molar-refractivity contribution in [2.24, 2.45) is 0 Å². The molecule has 0 aliphatic heterocycles. The van der Waals surface area contributed by atoms with Gasteiger partial charge in [-0.1, -0.05) is 16.7 Å². The van der Waals surface area contributed by atoms with Crippen LogP contribution >= 0.6 is 0 Å². The lowest BCUT2D eigenvalue weighted by Crippen LogP contribution is -2.12. The molecule has 0 saturated carbocycles. The summed E-state index contributed by atoms with van der Waals surface area (Å²) in [5.41, 5.74) is 3.96. The first-order valence-electron chi connectivity index (χ1n) is 4.85. The van der Waals surface area contributed by atoms with Crippen molar-refractivity contribution in [2.75, 3.05) is 0 Å². The molecule has 0 unspecified atom stereocenters. The lowest BCUT2D eigenvalue weighted by Gasteiger charge is -2.15. The summed E-state index contributed by atoms with van der Waals surface area (Å²) >= 11 is 0. The largest absolute Gasteiger partial charge is 0.100 e. The maximum absolute atomic E-state index is 3.98. The van der Waals surface area contributed by atoms with E-state index < -0.39 is 8.80 Å². The van der Waals surface area contributed by atoms with E-state index in [0.29, 0.717) is 0 Å². The Labute approximate surface area is 84.7 Å². The average molecular weight is 194 g/mol. The smallest absolute Gasteiger partial charge is 0.0488 e. The van der Waals surface area contributed by atoms with Crippen LogP contribution in [0, 0.1) is 0 Å². The van der Waals surface area contributed by atoms with Gasteiger partial charge < -0.3 is 0 Å². The third-order valence-electron chi connectivity index (χ3n) is 1.91. The minimum absolute atomic E-state index is 0.706. The van der Waals surface area contributed by atoms with Gasteiger partial charge in [0.1, 0.15) is 0 Å². The summed E-state index contributed by atoms with van der Waals surface area (Å²) in [4.78, 5) is 0. The molecule has 0 heterocycles. The van der Waals surface area contributed by atoms with Gasteiger partial charge in [-0.15, -0.1) is 19.7 Å². The number of hydrogen-bond donors (Lipinski definition) is 0. The monoisotopic (exact) mass is 194 g/mol. The van der Waals surface area contributed by atoms with E-state index in [1.54, 1.807) is 0 Å². The van der Waals surface area contributed by atoms with Gasteiger partial charge in [-0.2, -0.15) is 0 Å². The summed E-state index contributed by atoms with van der Waals surface area (Å²) in [6.45, 7) is 18.3. The highest BCUT2D eigenvalue weighted by Gasteiger charge is 2.10. The molecule has 0 radical (unpaired) electrons. The summed E-state index contributed by atoms with van der Waals surface area (Å²) < 4.78 is 0. The molecule has 0 saturated heterocycles. The Morgan fingerprint density at radius 1 is 0.769 bits per heavy atom. The minimum Gasteiger partial charge on any atom is -0.100 e. The molecule has 0 fully saturated rings. The van der Waals surface area contributed by atoms with Crippen LogP contribution < -0.4 is 0 Å². The molecule has 0 aromatic carbocycles. The van der Waals surface area contributed by atoms with E-state index in [9.17, 15) is 0 Å². The Hall–Kier alpha value is -0.563. The maximum atomic E-state index is 3.98. The van der Waals surface area contributed by atoms with Gasteiger partial charge in [0.2, 0.25) is 0 Å². The zero-order valence-electron chi connectivity index (χ0n) is 9.32. The molecular weight excluding hydrogens is 172 g/mol. The molecule has 0 nitrogen and oxygen atoms in total. The standard InChI is InChI=1S/C12H22Si/c1-10(2)7-13(8-11(3)4)9-12(5)6/h13H,1,3,5,7-9H2,2,4,6H3. The second-order valence-electron chi connectivity index (χ2n) is 4.35. The first-order chi connectivity index (χ1) is 5.91. The predicted molar refractivity (Wildman–Crippen MR) is 66.0 cm³/mol. The molecule has 0 bridgehead atoms. The lowest BCUT2D eigenvalue weighted by molar-refractivity contribution is 1.24. The Balaban J connectivity index is 4.10. The van der Waals surface area contributed by atoms with Crippen molar-refractivity contribution in [3.63, 3.8) is 0 Å². The van der Waals surface area contributed by atoms with Crippen LogP contribution in [0.3, 0.4) is 0 Å². The molecule has 0 N–H and O–H groups in total. The fourth-order valence-electron chi connectivity index (χ4n) is 1.69. The molecule has 0 aromatic rings. The van der Waals surface area contributed by atoms with Crippen LogP contribution in [-0.4, -0.2) is 8.80 Å². The molecule has 0 amide bonds. The fourth-order valence-corrected chi connectivity index (χ4v) is 5.08. The van der Waals surface area contributed by atoms with Gasteiger partial charge in [-0.05, 0) is 38.9 Å². The van der Waals surface area contributed by atoms with Crippen LogP contribution in [0.4, 0.5) is 0 Å². The fraction of sp³-hybridized carbons (Fsp3) is 0.500. The van der Waals surface area contributed by atoms with E-state index in [1.807, 2.05) is 0 Å². The van der Waals surface area contributed by atoms with Crippen LogP contribution in [0.15, 0.2) is 36.5 Å². The molecule has 0 aliphatic carbocycles. The Bertz CT molecular complexity index is 175. The van der Waals surface area contributed by atoms with Gasteiger partial charge in [0, 0.05) is 8.80 Å². The first kappa shape index (κ1) is 12.4. The zero-order valence-corrected chi connectivity index (χ0v) is 10.5. The van der Waals surface area contributed by atoms with Crippen LogP contribution in [0.25, 0.3) is 0 Å². The average Bonchev–Trinajstić information content (AvgIpc) is 1.80.